The van der Waals surface area contributed by atoms with E-state index in [1.54, 1.807) is 6.20 Å². The summed E-state index contributed by atoms with van der Waals surface area (Å²) in [4.78, 5) is 19.0. The normalized spacial score (nSPS) is 11.3. The second-order valence-electron chi connectivity index (χ2n) is 13.5. The van der Waals surface area contributed by atoms with Crippen molar-refractivity contribution in [3.63, 3.8) is 0 Å². The molecule has 10 rings (SSSR count). The van der Waals surface area contributed by atoms with Gasteiger partial charge in [0, 0.05) is 41.5 Å². The van der Waals surface area contributed by atoms with Gasteiger partial charge >= 0.3 is 0 Å². The van der Waals surface area contributed by atoms with E-state index in [2.05, 4.69) is 156 Å². The Hall–Kier alpha value is -7.30. The lowest BCUT2D eigenvalue weighted by atomic mass is 9.89. The molecule has 0 radical (unpaired) electrons. The quantitative estimate of drug-likeness (QED) is 0.163. The van der Waals surface area contributed by atoms with Crippen molar-refractivity contribution in [3.8, 4) is 67.3 Å². The van der Waals surface area contributed by atoms with Gasteiger partial charge in [-0.2, -0.15) is 0 Å². The first-order valence-corrected chi connectivity index (χ1v) is 18.1. The summed E-state index contributed by atoms with van der Waals surface area (Å²) in [5.74, 6) is 0.674. The first kappa shape index (κ1) is 31.4. The fourth-order valence-electron chi connectivity index (χ4n) is 7.62. The minimum absolute atomic E-state index is 0.674. The summed E-state index contributed by atoms with van der Waals surface area (Å²) in [7, 11) is 0. The molecular formula is C50H32N4. The van der Waals surface area contributed by atoms with Crippen molar-refractivity contribution in [1.82, 2.24) is 19.9 Å². The van der Waals surface area contributed by atoms with Crippen LogP contribution in [0.5, 0.6) is 0 Å². The van der Waals surface area contributed by atoms with E-state index in [9.17, 15) is 0 Å². The molecule has 3 heterocycles. The monoisotopic (exact) mass is 688 g/mol. The molecule has 0 aliphatic rings. The predicted molar refractivity (Wildman–Crippen MR) is 223 cm³/mol. The molecule has 0 saturated carbocycles. The molecule has 0 spiro atoms. The molecule has 0 bridgehead atoms. The van der Waals surface area contributed by atoms with Crippen LogP contribution in [0.2, 0.25) is 0 Å². The third kappa shape index (κ3) is 5.67. The lowest BCUT2D eigenvalue weighted by Crippen LogP contribution is -1.97. The van der Waals surface area contributed by atoms with Crippen LogP contribution < -0.4 is 0 Å². The molecule has 4 nitrogen and oxygen atoms in total. The Morgan fingerprint density at radius 1 is 0.296 bits per heavy atom. The summed E-state index contributed by atoms with van der Waals surface area (Å²) in [6, 6.07) is 60.1. The highest BCUT2D eigenvalue weighted by Crippen LogP contribution is 2.41. The average molecular weight is 689 g/mol. The van der Waals surface area contributed by atoms with E-state index in [-0.39, 0.29) is 0 Å². The molecule has 0 unspecified atom stereocenters. The number of pyridine rings is 2. The van der Waals surface area contributed by atoms with Gasteiger partial charge in [-0.1, -0.05) is 127 Å². The third-order valence-electron chi connectivity index (χ3n) is 10.3. The summed E-state index contributed by atoms with van der Waals surface area (Å²) in [6.07, 6.45) is 7.30. The maximum absolute atomic E-state index is 5.25. The van der Waals surface area contributed by atoms with E-state index < -0.39 is 0 Å². The molecule has 0 atom stereocenters. The number of hydrogen-bond acceptors (Lipinski definition) is 4. The molecule has 0 saturated heterocycles. The highest BCUT2D eigenvalue weighted by atomic mass is 14.9. The maximum Gasteiger partial charge on any atom is 0.161 e. The first-order valence-electron chi connectivity index (χ1n) is 18.1. The highest BCUT2D eigenvalue weighted by molar-refractivity contribution is 6.17. The van der Waals surface area contributed by atoms with Crippen LogP contribution in [0.1, 0.15) is 0 Å². The Kier molecular flexibility index (Phi) is 7.77. The fourth-order valence-corrected chi connectivity index (χ4v) is 7.62. The Labute approximate surface area is 313 Å². The van der Waals surface area contributed by atoms with Gasteiger partial charge in [-0.15, -0.1) is 0 Å². The van der Waals surface area contributed by atoms with Gasteiger partial charge in [0.05, 0.1) is 11.4 Å². The molecule has 3 aromatic heterocycles. The molecular weight excluding hydrogens is 657 g/mol. The van der Waals surface area contributed by atoms with Gasteiger partial charge in [0.2, 0.25) is 0 Å². The van der Waals surface area contributed by atoms with E-state index in [1.807, 2.05) is 42.9 Å². The molecule has 0 amide bonds. The smallest absolute Gasteiger partial charge is 0.161 e. The molecule has 0 aliphatic carbocycles. The molecule has 10 aromatic rings. The number of aromatic nitrogens is 4. The molecule has 0 N–H and O–H groups in total. The highest BCUT2D eigenvalue weighted by Gasteiger charge is 2.17. The van der Waals surface area contributed by atoms with Crippen molar-refractivity contribution in [2.75, 3.05) is 0 Å². The number of nitrogens with zero attached hydrogens (tertiary/aromatic N) is 4. The number of benzene rings is 7. The van der Waals surface area contributed by atoms with Crippen molar-refractivity contribution in [3.05, 3.63) is 195 Å². The van der Waals surface area contributed by atoms with Gasteiger partial charge < -0.3 is 0 Å². The van der Waals surface area contributed by atoms with Crippen LogP contribution in [-0.4, -0.2) is 19.9 Å². The van der Waals surface area contributed by atoms with E-state index in [0.717, 1.165) is 55.5 Å². The maximum atomic E-state index is 5.25. The van der Waals surface area contributed by atoms with E-state index in [0.29, 0.717) is 5.82 Å². The van der Waals surface area contributed by atoms with Crippen molar-refractivity contribution in [2.24, 2.45) is 0 Å². The van der Waals surface area contributed by atoms with Crippen LogP contribution in [0.4, 0.5) is 0 Å². The zero-order valence-corrected chi connectivity index (χ0v) is 29.3. The zero-order valence-electron chi connectivity index (χ0n) is 29.3. The van der Waals surface area contributed by atoms with E-state index >= 15 is 0 Å². The van der Waals surface area contributed by atoms with Crippen LogP contribution in [0, 0.1) is 0 Å². The summed E-state index contributed by atoms with van der Waals surface area (Å²) >= 11 is 0. The van der Waals surface area contributed by atoms with Crippen LogP contribution in [0.3, 0.4) is 0 Å². The topological polar surface area (TPSA) is 51.6 Å². The number of hydrogen-bond donors (Lipinski definition) is 0. The Morgan fingerprint density at radius 3 is 1.46 bits per heavy atom. The summed E-state index contributed by atoms with van der Waals surface area (Å²) in [5.41, 5.74) is 11.6. The second kappa shape index (κ2) is 13.4. The first-order chi connectivity index (χ1) is 26.8. The van der Waals surface area contributed by atoms with Crippen LogP contribution in [-0.2, 0) is 0 Å². The fraction of sp³-hybridized carbons (Fsp3) is 0. The predicted octanol–water partition coefficient (Wildman–Crippen LogP) is 12.7. The lowest BCUT2D eigenvalue weighted by molar-refractivity contribution is 1.18. The molecule has 252 valence electrons. The number of rotatable bonds is 6. The average Bonchev–Trinajstić information content (AvgIpc) is 3.26. The van der Waals surface area contributed by atoms with Crippen molar-refractivity contribution < 1.29 is 0 Å². The lowest BCUT2D eigenvalue weighted by Gasteiger charge is -2.16. The minimum atomic E-state index is 0.674. The van der Waals surface area contributed by atoms with Crippen LogP contribution in [0.15, 0.2) is 195 Å². The zero-order chi connectivity index (χ0) is 35.8. The summed E-state index contributed by atoms with van der Waals surface area (Å²) in [5, 5.41) is 7.24. The molecule has 7 aromatic carbocycles. The van der Waals surface area contributed by atoms with E-state index in [4.69, 9.17) is 9.97 Å². The van der Waals surface area contributed by atoms with Gasteiger partial charge in [0.25, 0.3) is 0 Å². The molecule has 4 heteroatoms. The Bertz CT molecular complexity index is 2960. The van der Waals surface area contributed by atoms with Gasteiger partial charge in [-0.3, -0.25) is 9.97 Å². The molecule has 54 heavy (non-hydrogen) atoms. The van der Waals surface area contributed by atoms with Crippen molar-refractivity contribution >= 4 is 32.3 Å². The summed E-state index contributed by atoms with van der Waals surface area (Å²) in [6.45, 7) is 0. The SMILES string of the molecule is c1cncc(-c2cc(-c3ccc(-c4ccc(-c5ccncc5)cc4)cc3)nc(-c3ccc(-c4cc5ccccc5c5ccccc45)c4ccccc34)n2)c1. The molecule has 0 aliphatic heterocycles. The minimum Gasteiger partial charge on any atom is -0.265 e. The van der Waals surface area contributed by atoms with Gasteiger partial charge in [-0.25, -0.2) is 9.97 Å². The van der Waals surface area contributed by atoms with Crippen molar-refractivity contribution in [1.29, 1.82) is 0 Å². The Morgan fingerprint density at radius 2 is 0.815 bits per heavy atom. The second-order valence-corrected chi connectivity index (χ2v) is 13.5. The Balaban J connectivity index is 1.09. The van der Waals surface area contributed by atoms with Crippen LogP contribution in [0.25, 0.3) is 99.6 Å². The summed E-state index contributed by atoms with van der Waals surface area (Å²) < 4.78 is 0. The number of fused-ring (bicyclic) bond motifs is 4. The molecule has 0 fully saturated rings. The third-order valence-corrected chi connectivity index (χ3v) is 10.3. The van der Waals surface area contributed by atoms with Crippen LogP contribution >= 0.6 is 0 Å². The van der Waals surface area contributed by atoms with Gasteiger partial charge in [0.15, 0.2) is 5.82 Å². The van der Waals surface area contributed by atoms with E-state index in [1.165, 1.54) is 38.2 Å². The van der Waals surface area contributed by atoms with Crippen molar-refractivity contribution in [2.45, 2.75) is 0 Å². The van der Waals surface area contributed by atoms with Gasteiger partial charge in [-0.05, 0) is 108 Å². The standard InChI is InChI=1S/C50H32N4/c1-2-10-40-38(8-1)30-47(44-14-6-3-11-41(40)44)45-23-24-46(43-13-5-4-12-42(43)45)50-53-48(31-49(54-50)39-9-7-27-52-32-39)37-21-19-34(20-22-37)33-15-17-35(18-16-33)36-25-28-51-29-26-36/h1-32H. The van der Waals surface area contributed by atoms with Gasteiger partial charge in [0.1, 0.15) is 0 Å². The largest absolute Gasteiger partial charge is 0.265 e.